The topological polar surface area (TPSA) is 146 Å². The second-order valence-electron chi connectivity index (χ2n) is 12.0. The summed E-state index contributed by atoms with van der Waals surface area (Å²) in [7, 11) is -1.99. The first-order valence-corrected chi connectivity index (χ1v) is 15.7. The molecule has 1 aromatic heterocycles. The lowest BCUT2D eigenvalue weighted by Crippen LogP contribution is -2.59. The molecule has 1 aromatic carbocycles. The van der Waals surface area contributed by atoms with Crippen molar-refractivity contribution < 1.29 is 22.8 Å². The molecule has 3 amide bonds. The Labute approximate surface area is 241 Å². The molecule has 12 nitrogen and oxygen atoms in total. The Morgan fingerprint density at radius 1 is 1.12 bits per heavy atom. The average Bonchev–Trinajstić information content (AvgIpc) is 3.59. The molecule has 0 radical (unpaired) electrons. The van der Waals surface area contributed by atoms with Crippen molar-refractivity contribution in [2.45, 2.75) is 65.2 Å². The van der Waals surface area contributed by atoms with Gasteiger partial charge in [-0.05, 0) is 44.9 Å². The van der Waals surface area contributed by atoms with Gasteiger partial charge in [-0.15, -0.1) is 0 Å². The number of sulfonamides is 1. The van der Waals surface area contributed by atoms with E-state index in [4.69, 9.17) is 0 Å². The number of benzene rings is 1. The largest absolute Gasteiger partial charge is 0.342 e. The second kappa shape index (κ2) is 11.5. The smallest absolute Gasteiger partial charge is 0.246 e. The summed E-state index contributed by atoms with van der Waals surface area (Å²) in [4.78, 5) is 42.3. The molecular formula is C28H41N7O5S. The minimum absolute atomic E-state index is 0.0500. The van der Waals surface area contributed by atoms with Crippen LogP contribution in [0.5, 0.6) is 0 Å². The number of carbonyl (C=O) groups is 3. The van der Waals surface area contributed by atoms with Gasteiger partial charge in [0.05, 0.1) is 35.6 Å². The molecule has 2 aromatic rings. The first-order valence-electron chi connectivity index (χ1n) is 13.8. The Bertz CT molecular complexity index is 1400. The molecular weight excluding hydrogens is 546 g/mol. The van der Waals surface area contributed by atoms with Crippen LogP contribution in [0.15, 0.2) is 36.4 Å². The normalized spacial score (nSPS) is 22.7. The maximum Gasteiger partial charge on any atom is 0.246 e. The van der Waals surface area contributed by atoms with E-state index in [1.165, 1.54) is 4.31 Å². The van der Waals surface area contributed by atoms with Crippen molar-refractivity contribution in [3.05, 3.63) is 42.1 Å². The van der Waals surface area contributed by atoms with E-state index in [1.54, 1.807) is 29.6 Å². The van der Waals surface area contributed by atoms with Gasteiger partial charge in [0.2, 0.25) is 27.7 Å². The zero-order chi connectivity index (χ0) is 30.3. The number of anilines is 1. The molecule has 3 N–H and O–H groups in total. The van der Waals surface area contributed by atoms with E-state index in [0.717, 1.165) is 11.9 Å². The van der Waals surface area contributed by atoms with Gasteiger partial charge in [0.1, 0.15) is 11.9 Å². The van der Waals surface area contributed by atoms with Crippen LogP contribution in [-0.4, -0.2) is 95.7 Å². The molecule has 2 aliphatic heterocycles. The van der Waals surface area contributed by atoms with Crippen molar-refractivity contribution in [3.8, 4) is 5.69 Å². The lowest BCUT2D eigenvalue weighted by atomic mass is 9.85. The number of likely N-dealkylation sites (N-methyl/N-ethyl adjacent to an activating group) is 1. The highest BCUT2D eigenvalue weighted by molar-refractivity contribution is 7.88. The van der Waals surface area contributed by atoms with Crippen molar-refractivity contribution in [1.82, 2.24) is 29.6 Å². The number of aromatic nitrogens is 2. The summed E-state index contributed by atoms with van der Waals surface area (Å²) in [5, 5.41) is 13.2. The summed E-state index contributed by atoms with van der Waals surface area (Å²) in [5.74, 6) is -1.43. The molecule has 0 saturated carbocycles. The summed E-state index contributed by atoms with van der Waals surface area (Å²) < 4.78 is 28.5. The Balaban J connectivity index is 1.66. The molecule has 13 heteroatoms. The molecule has 2 saturated heterocycles. The predicted molar refractivity (Wildman–Crippen MR) is 156 cm³/mol. The van der Waals surface area contributed by atoms with Crippen molar-refractivity contribution in [2.24, 2.45) is 11.3 Å². The van der Waals surface area contributed by atoms with Gasteiger partial charge in [-0.2, -0.15) is 9.40 Å². The van der Waals surface area contributed by atoms with Gasteiger partial charge in [-0.3, -0.25) is 14.4 Å². The van der Waals surface area contributed by atoms with E-state index in [-0.39, 0.29) is 24.9 Å². The third kappa shape index (κ3) is 6.31. The number of hydrogen-bond donors (Lipinski definition) is 3. The monoisotopic (exact) mass is 587 g/mol. The maximum atomic E-state index is 14.1. The Hall–Kier alpha value is -3.29. The summed E-state index contributed by atoms with van der Waals surface area (Å²) in [6.07, 6.45) is 1.52. The lowest BCUT2D eigenvalue weighted by Gasteiger charge is -2.37. The van der Waals surface area contributed by atoms with Crippen molar-refractivity contribution >= 4 is 33.6 Å². The van der Waals surface area contributed by atoms with Crippen LogP contribution in [0.1, 0.15) is 39.8 Å². The highest BCUT2D eigenvalue weighted by atomic mass is 32.2. The van der Waals surface area contributed by atoms with Crippen LogP contribution in [0, 0.1) is 18.3 Å². The number of amides is 3. The molecule has 2 aliphatic rings. The molecule has 0 aliphatic carbocycles. The van der Waals surface area contributed by atoms with E-state index >= 15 is 0 Å². The van der Waals surface area contributed by atoms with Crippen LogP contribution in [-0.2, 0) is 24.4 Å². The minimum Gasteiger partial charge on any atom is -0.342 e. The van der Waals surface area contributed by atoms with Crippen molar-refractivity contribution in [2.75, 3.05) is 31.7 Å². The number of likely N-dealkylation sites (tertiary alicyclic amines) is 1. The first-order chi connectivity index (χ1) is 19.1. The fourth-order valence-corrected chi connectivity index (χ4v) is 6.85. The third-order valence-electron chi connectivity index (χ3n) is 7.93. The average molecular weight is 588 g/mol. The molecule has 0 spiro atoms. The zero-order valence-corrected chi connectivity index (χ0v) is 25.5. The summed E-state index contributed by atoms with van der Waals surface area (Å²) in [6, 6.07) is 8.49. The molecule has 5 atom stereocenters. The van der Waals surface area contributed by atoms with Crippen LogP contribution in [0.2, 0.25) is 0 Å². The van der Waals surface area contributed by atoms with Gasteiger partial charge >= 0.3 is 0 Å². The van der Waals surface area contributed by atoms with Crippen molar-refractivity contribution in [3.63, 3.8) is 0 Å². The number of rotatable bonds is 8. The van der Waals surface area contributed by atoms with Gasteiger partial charge in [0.25, 0.3) is 0 Å². The lowest BCUT2D eigenvalue weighted by molar-refractivity contribution is -0.141. The van der Waals surface area contributed by atoms with E-state index in [0.29, 0.717) is 17.9 Å². The molecule has 41 heavy (non-hydrogen) atoms. The number of nitrogens with one attached hydrogen (secondary N) is 3. The highest BCUT2D eigenvalue weighted by Crippen LogP contribution is 2.39. The second-order valence-corrected chi connectivity index (χ2v) is 14.0. The highest BCUT2D eigenvalue weighted by Gasteiger charge is 2.56. The Morgan fingerprint density at radius 2 is 1.78 bits per heavy atom. The third-order valence-corrected chi connectivity index (χ3v) is 9.21. The number of hydrogen-bond acceptors (Lipinski definition) is 7. The van der Waals surface area contributed by atoms with Gasteiger partial charge < -0.3 is 20.9 Å². The standard InChI is InChI=1S/C28H41N7O5S/c1-17-15-22(35(32-17)19-11-9-8-10-12-19)30-26(37)20-16-34(41(7,39)40)21-13-14-33(23(20)21)27(38)24(28(3,4)5)31-25(36)18(2)29-6/h8-12,15,18,20-21,23-24,29H,13-14,16H2,1-7H3,(H,30,37)(H,31,36)/t18-,20+,21-,23-,24-/m1/s1. The minimum atomic E-state index is -3.65. The fourth-order valence-electron chi connectivity index (χ4n) is 5.70. The van der Waals surface area contributed by atoms with Crippen LogP contribution in [0.4, 0.5) is 5.82 Å². The van der Waals surface area contributed by atoms with Crippen LogP contribution < -0.4 is 16.0 Å². The molecule has 4 rings (SSSR count). The molecule has 0 bridgehead atoms. The summed E-state index contributed by atoms with van der Waals surface area (Å²) in [5.41, 5.74) is 0.823. The molecule has 224 valence electrons. The van der Waals surface area contributed by atoms with Crippen LogP contribution >= 0.6 is 0 Å². The molecule has 3 heterocycles. The van der Waals surface area contributed by atoms with E-state index < -0.39 is 51.4 Å². The fraction of sp³-hybridized carbons (Fsp3) is 0.571. The number of carbonyl (C=O) groups excluding carboxylic acids is 3. The Morgan fingerprint density at radius 3 is 2.37 bits per heavy atom. The molecule has 0 unspecified atom stereocenters. The number of fused-ring (bicyclic) bond motifs is 1. The van der Waals surface area contributed by atoms with Crippen LogP contribution in [0.25, 0.3) is 5.69 Å². The Kier molecular flexibility index (Phi) is 8.63. The van der Waals surface area contributed by atoms with Gasteiger partial charge in [0.15, 0.2) is 0 Å². The number of aryl methyl sites for hydroxylation is 1. The van der Waals surface area contributed by atoms with E-state index in [9.17, 15) is 22.8 Å². The van der Waals surface area contributed by atoms with Gasteiger partial charge in [-0.25, -0.2) is 13.1 Å². The van der Waals surface area contributed by atoms with Crippen LogP contribution in [0.3, 0.4) is 0 Å². The zero-order valence-electron chi connectivity index (χ0n) is 24.7. The summed E-state index contributed by atoms with van der Waals surface area (Å²) in [6.45, 7) is 9.33. The van der Waals surface area contributed by atoms with E-state index in [1.807, 2.05) is 58.0 Å². The summed E-state index contributed by atoms with van der Waals surface area (Å²) >= 11 is 0. The van der Waals surface area contributed by atoms with Crippen molar-refractivity contribution in [1.29, 1.82) is 0 Å². The van der Waals surface area contributed by atoms with Gasteiger partial charge in [-0.1, -0.05) is 39.0 Å². The number of nitrogens with zero attached hydrogens (tertiary/aromatic N) is 4. The SMILES string of the molecule is CN[C@H](C)C(=O)N[C@H](C(=O)N1CC[C@@H]2[C@H]1[C@@H](C(=O)Nc1cc(C)nn1-c1ccccc1)CN2S(C)(=O)=O)C(C)(C)C. The molecule has 2 fully saturated rings. The number of para-hydroxylation sites is 1. The first kappa shape index (κ1) is 30.7. The maximum absolute atomic E-state index is 14.1. The van der Waals surface area contributed by atoms with Gasteiger partial charge in [0, 0.05) is 25.2 Å². The predicted octanol–water partition coefficient (Wildman–Crippen LogP) is 1.12. The van der Waals surface area contributed by atoms with E-state index in [2.05, 4.69) is 21.0 Å². The quantitative estimate of drug-likeness (QED) is 0.420.